The van der Waals surface area contributed by atoms with Gasteiger partial charge in [0, 0.05) is 6.61 Å². The lowest BCUT2D eigenvalue weighted by atomic mass is 9.94. The summed E-state index contributed by atoms with van der Waals surface area (Å²) in [5.74, 6) is 0.317. The highest BCUT2D eigenvalue weighted by molar-refractivity contribution is 5.72. The fourth-order valence-electron chi connectivity index (χ4n) is 10.2. The second kappa shape index (κ2) is 56.8. The first-order valence-electron chi connectivity index (χ1n) is 31.2. The number of esters is 2. The second-order valence-corrected chi connectivity index (χ2v) is 21.6. The first kappa shape index (κ1) is 66.9. The Morgan fingerprint density at radius 3 is 0.794 bits per heavy atom. The molecule has 0 aromatic heterocycles. The Morgan fingerprint density at radius 2 is 0.529 bits per heavy atom. The summed E-state index contributed by atoms with van der Waals surface area (Å²) in [6.45, 7) is 13.8. The molecule has 406 valence electrons. The van der Waals surface area contributed by atoms with E-state index in [0.29, 0.717) is 13.2 Å². The van der Waals surface area contributed by atoms with E-state index in [0.717, 1.165) is 110 Å². The van der Waals surface area contributed by atoms with Gasteiger partial charge in [-0.15, -0.1) is 0 Å². The number of aliphatic hydroxyl groups is 1. The molecule has 0 aliphatic rings. The minimum Gasteiger partial charge on any atom is -0.465 e. The first-order chi connectivity index (χ1) is 33.5. The molecule has 0 amide bonds. The molecular formula is C62H123NO5. The third kappa shape index (κ3) is 48.5. The van der Waals surface area contributed by atoms with Crippen molar-refractivity contribution in [1.82, 2.24) is 4.90 Å². The summed E-state index contributed by atoms with van der Waals surface area (Å²) in [6.07, 6.45) is 59.4. The number of nitrogens with zero attached hydrogens (tertiary/aromatic N) is 1. The topological polar surface area (TPSA) is 76.1 Å². The second-order valence-electron chi connectivity index (χ2n) is 21.6. The molecule has 0 rings (SSSR count). The highest BCUT2D eigenvalue weighted by atomic mass is 16.5. The Kier molecular flexibility index (Phi) is 55.8. The molecule has 0 aromatic rings. The largest absolute Gasteiger partial charge is 0.465 e. The molecule has 1 atom stereocenters. The van der Waals surface area contributed by atoms with Gasteiger partial charge in [0.25, 0.3) is 0 Å². The summed E-state index contributed by atoms with van der Waals surface area (Å²) in [5, 5.41) is 9.43. The lowest BCUT2D eigenvalue weighted by molar-refractivity contribution is -0.150. The zero-order valence-electron chi connectivity index (χ0n) is 46.9. The highest BCUT2D eigenvalue weighted by Gasteiger charge is 2.21. The smallest absolute Gasteiger partial charge is 0.308 e. The fourth-order valence-corrected chi connectivity index (χ4v) is 10.2. The van der Waals surface area contributed by atoms with Gasteiger partial charge in [-0.2, -0.15) is 0 Å². The van der Waals surface area contributed by atoms with E-state index in [-0.39, 0.29) is 30.4 Å². The maximum absolute atomic E-state index is 13.3. The van der Waals surface area contributed by atoms with Gasteiger partial charge < -0.3 is 19.5 Å². The monoisotopic (exact) mass is 962 g/mol. The van der Waals surface area contributed by atoms with E-state index in [4.69, 9.17) is 9.47 Å². The van der Waals surface area contributed by atoms with Crippen molar-refractivity contribution >= 4 is 11.9 Å². The molecular weight excluding hydrogens is 839 g/mol. The van der Waals surface area contributed by atoms with Crippen LogP contribution in [0.1, 0.15) is 336 Å². The summed E-state index contributed by atoms with van der Waals surface area (Å²) in [7, 11) is 0. The van der Waals surface area contributed by atoms with Gasteiger partial charge in [-0.3, -0.25) is 9.59 Å². The van der Waals surface area contributed by atoms with Gasteiger partial charge in [0.15, 0.2) is 0 Å². The molecule has 6 nitrogen and oxygen atoms in total. The van der Waals surface area contributed by atoms with Crippen molar-refractivity contribution in [2.45, 2.75) is 336 Å². The van der Waals surface area contributed by atoms with Crippen molar-refractivity contribution in [2.75, 3.05) is 39.5 Å². The van der Waals surface area contributed by atoms with Crippen molar-refractivity contribution < 1.29 is 24.2 Å². The normalized spacial score (nSPS) is 12.2. The average molecular weight is 963 g/mol. The number of hydrogen-bond acceptors (Lipinski definition) is 6. The number of carbonyl (C=O) groups excluding carboxylic acids is 2. The fraction of sp³-hybridized carbons (Fsp3) is 0.968. The quantitative estimate of drug-likeness (QED) is 0.0483. The third-order valence-electron chi connectivity index (χ3n) is 14.9. The molecule has 0 aliphatic carbocycles. The molecule has 68 heavy (non-hydrogen) atoms. The van der Waals surface area contributed by atoms with Crippen molar-refractivity contribution in [1.29, 1.82) is 0 Å². The predicted octanol–water partition coefficient (Wildman–Crippen LogP) is 19.4. The molecule has 0 saturated carbocycles. The Bertz CT molecular complexity index is 970. The Hall–Kier alpha value is -1.14. The number of ether oxygens (including phenoxy) is 2. The Balaban J connectivity index is 4.56. The molecule has 0 fully saturated rings. The zero-order valence-corrected chi connectivity index (χ0v) is 46.9. The Morgan fingerprint density at radius 1 is 0.309 bits per heavy atom. The van der Waals surface area contributed by atoms with Crippen LogP contribution in [-0.2, 0) is 19.1 Å². The summed E-state index contributed by atoms with van der Waals surface area (Å²) in [6, 6.07) is 0. The molecule has 0 bridgehead atoms. The van der Waals surface area contributed by atoms with Crippen molar-refractivity contribution in [2.24, 2.45) is 11.8 Å². The molecule has 0 spiro atoms. The van der Waals surface area contributed by atoms with E-state index in [1.165, 1.54) is 218 Å². The van der Waals surface area contributed by atoms with Crippen LogP contribution in [0.25, 0.3) is 0 Å². The maximum Gasteiger partial charge on any atom is 0.308 e. The van der Waals surface area contributed by atoms with Crippen LogP contribution in [0.5, 0.6) is 0 Å². The van der Waals surface area contributed by atoms with Gasteiger partial charge in [-0.05, 0) is 83.8 Å². The minimum atomic E-state index is 0.0713. The van der Waals surface area contributed by atoms with Crippen molar-refractivity contribution in [3.8, 4) is 0 Å². The molecule has 6 heteroatoms. The average Bonchev–Trinajstić information content (AvgIpc) is 3.34. The van der Waals surface area contributed by atoms with Crippen molar-refractivity contribution in [3.63, 3.8) is 0 Å². The molecule has 0 aliphatic heterocycles. The van der Waals surface area contributed by atoms with Crippen LogP contribution in [0.3, 0.4) is 0 Å². The lowest BCUT2D eigenvalue weighted by Gasteiger charge is -2.22. The van der Waals surface area contributed by atoms with Crippen LogP contribution >= 0.6 is 0 Å². The van der Waals surface area contributed by atoms with Gasteiger partial charge in [0.05, 0.1) is 25.0 Å². The number of carbonyl (C=O) groups is 2. The predicted molar refractivity (Wildman–Crippen MR) is 297 cm³/mol. The summed E-state index contributed by atoms with van der Waals surface area (Å²) in [4.78, 5) is 29.2. The third-order valence-corrected chi connectivity index (χ3v) is 14.9. The van der Waals surface area contributed by atoms with Crippen LogP contribution in [0.2, 0.25) is 0 Å². The summed E-state index contributed by atoms with van der Waals surface area (Å²) < 4.78 is 11.9. The zero-order chi connectivity index (χ0) is 49.5. The van der Waals surface area contributed by atoms with Crippen LogP contribution in [0.4, 0.5) is 0 Å². The Labute approximate surface area is 426 Å². The number of hydrogen-bond donors (Lipinski definition) is 1. The highest BCUT2D eigenvalue weighted by Crippen LogP contribution is 2.24. The van der Waals surface area contributed by atoms with E-state index >= 15 is 0 Å². The molecule has 0 aromatic carbocycles. The van der Waals surface area contributed by atoms with Crippen LogP contribution in [0.15, 0.2) is 0 Å². The van der Waals surface area contributed by atoms with Crippen LogP contribution < -0.4 is 0 Å². The number of aliphatic hydroxyl groups excluding tert-OH is 1. The number of rotatable bonds is 58. The van der Waals surface area contributed by atoms with Crippen LogP contribution in [0, 0.1) is 11.8 Å². The molecule has 0 saturated heterocycles. The van der Waals surface area contributed by atoms with E-state index < -0.39 is 0 Å². The van der Waals surface area contributed by atoms with E-state index in [9.17, 15) is 14.7 Å². The molecule has 1 N–H and O–H groups in total. The summed E-state index contributed by atoms with van der Waals surface area (Å²) in [5.41, 5.74) is 0. The first-order valence-corrected chi connectivity index (χ1v) is 31.2. The standard InChI is InChI=1S/C62H123NO5/c1-5-9-13-17-21-25-26-30-34-42-52-60(51-41-33-29-24-20-16-12-8-4)62(66)68-58-48-38-36-44-54-63(55-45-46-56-64)53-43-35-37-47-57-67-61(65)59(49-39-31-27-22-18-14-10-6-2)50-40-32-28-23-19-15-11-7-3/h59-60,64H,5-58H2,1-4H3. The molecule has 1 unspecified atom stereocenters. The van der Waals surface area contributed by atoms with E-state index in [1.807, 2.05) is 0 Å². The van der Waals surface area contributed by atoms with Gasteiger partial charge in [0.2, 0.25) is 0 Å². The van der Waals surface area contributed by atoms with E-state index in [2.05, 4.69) is 32.6 Å². The summed E-state index contributed by atoms with van der Waals surface area (Å²) >= 11 is 0. The van der Waals surface area contributed by atoms with Crippen molar-refractivity contribution in [3.05, 3.63) is 0 Å². The SMILES string of the molecule is CCCCCCCCCCCCC(CCCCCCCCCC)C(=O)OCCCCCCN(CCCCO)CCCCCCOC(=O)C(CCCCCCCCCC)CCCCCCCCCC. The van der Waals surface area contributed by atoms with Gasteiger partial charge in [-0.25, -0.2) is 0 Å². The molecule has 0 heterocycles. The van der Waals surface area contributed by atoms with E-state index in [1.54, 1.807) is 0 Å². The maximum atomic E-state index is 13.3. The number of unbranched alkanes of at least 4 members (excludes halogenated alkanes) is 37. The van der Waals surface area contributed by atoms with Crippen LogP contribution in [-0.4, -0.2) is 61.4 Å². The van der Waals surface area contributed by atoms with Gasteiger partial charge in [0.1, 0.15) is 0 Å². The molecule has 0 radical (unpaired) electrons. The van der Waals surface area contributed by atoms with Gasteiger partial charge in [-0.1, -0.05) is 272 Å². The van der Waals surface area contributed by atoms with Gasteiger partial charge >= 0.3 is 11.9 Å². The minimum absolute atomic E-state index is 0.0713. The lowest BCUT2D eigenvalue weighted by Crippen LogP contribution is -2.27.